The van der Waals surface area contributed by atoms with Crippen LogP contribution in [-0.4, -0.2) is 44.9 Å². The highest BCUT2D eigenvalue weighted by Gasteiger charge is 2.33. The highest BCUT2D eigenvalue weighted by molar-refractivity contribution is 5.86. The molecule has 0 saturated carbocycles. The van der Waals surface area contributed by atoms with Gasteiger partial charge in [0.1, 0.15) is 5.82 Å². The van der Waals surface area contributed by atoms with Crippen LogP contribution in [0.2, 0.25) is 0 Å². The van der Waals surface area contributed by atoms with Crippen molar-refractivity contribution in [1.29, 1.82) is 0 Å². The Labute approximate surface area is 134 Å². The van der Waals surface area contributed by atoms with Crippen molar-refractivity contribution in [3.8, 4) is 0 Å². The van der Waals surface area contributed by atoms with E-state index < -0.39 is 11.9 Å². The number of carboxylic acids is 1. The number of fused-ring (bicyclic) bond motifs is 1. The molecule has 0 spiro atoms. The number of hydrogen-bond acceptors (Lipinski definition) is 3. The van der Waals surface area contributed by atoms with Gasteiger partial charge in [-0.25, -0.2) is 4.98 Å². The number of hydrogen-bond donors (Lipinski definition) is 2. The van der Waals surface area contributed by atoms with E-state index in [0.29, 0.717) is 13.1 Å². The lowest BCUT2D eigenvalue weighted by Gasteiger charge is -2.15. The molecule has 23 heavy (non-hydrogen) atoms. The largest absolute Gasteiger partial charge is 0.481 e. The zero-order chi connectivity index (χ0) is 16.6. The Hall–Kier alpha value is -2.37. The van der Waals surface area contributed by atoms with Crippen molar-refractivity contribution in [2.75, 3.05) is 13.1 Å². The summed E-state index contributed by atoms with van der Waals surface area (Å²) in [6.07, 6.45) is 1.64. The van der Waals surface area contributed by atoms with Gasteiger partial charge in [0, 0.05) is 25.9 Å². The van der Waals surface area contributed by atoms with E-state index >= 15 is 0 Å². The number of aromatic nitrogens is 2. The summed E-state index contributed by atoms with van der Waals surface area (Å²) < 4.78 is 0. The summed E-state index contributed by atoms with van der Waals surface area (Å²) in [5.41, 5.74) is 4.44. The maximum Gasteiger partial charge on any atom is 0.308 e. The van der Waals surface area contributed by atoms with Crippen molar-refractivity contribution < 1.29 is 14.7 Å². The molecule has 0 radical (unpaired) electrons. The summed E-state index contributed by atoms with van der Waals surface area (Å²) in [7, 11) is 0. The molecule has 1 amide bonds. The van der Waals surface area contributed by atoms with E-state index in [4.69, 9.17) is 5.11 Å². The Morgan fingerprint density at radius 1 is 1.43 bits per heavy atom. The predicted molar refractivity (Wildman–Crippen MR) is 86.2 cm³/mol. The van der Waals surface area contributed by atoms with Crippen molar-refractivity contribution in [1.82, 2.24) is 14.9 Å². The Morgan fingerprint density at radius 2 is 2.22 bits per heavy atom. The van der Waals surface area contributed by atoms with Gasteiger partial charge in [-0.3, -0.25) is 9.59 Å². The lowest BCUT2D eigenvalue weighted by atomic mass is 10.1. The maximum atomic E-state index is 11.8. The number of carboxylic acid groups (broad SMARTS) is 1. The fourth-order valence-corrected chi connectivity index (χ4v) is 3.07. The summed E-state index contributed by atoms with van der Waals surface area (Å²) in [6, 6.07) is 4.12. The number of carbonyl (C=O) groups is 2. The van der Waals surface area contributed by atoms with Crippen LogP contribution >= 0.6 is 0 Å². The van der Waals surface area contributed by atoms with E-state index in [2.05, 4.69) is 29.9 Å². The SMILES string of the molecule is Cc1ccc2[nH]c(CCCN3CC(C(=O)O)CC3=O)nc2c1C. The first-order chi connectivity index (χ1) is 11.0. The van der Waals surface area contributed by atoms with E-state index in [1.54, 1.807) is 4.90 Å². The van der Waals surface area contributed by atoms with Gasteiger partial charge in [0.25, 0.3) is 0 Å². The Balaban J connectivity index is 1.60. The molecule has 6 heteroatoms. The lowest BCUT2D eigenvalue weighted by molar-refractivity contribution is -0.141. The van der Waals surface area contributed by atoms with Gasteiger partial charge in [-0.05, 0) is 37.5 Å². The van der Waals surface area contributed by atoms with Gasteiger partial charge in [-0.2, -0.15) is 0 Å². The van der Waals surface area contributed by atoms with Gasteiger partial charge < -0.3 is 15.0 Å². The number of nitrogens with one attached hydrogen (secondary N) is 1. The van der Waals surface area contributed by atoms with Gasteiger partial charge in [0.05, 0.1) is 17.0 Å². The number of H-pyrrole nitrogens is 1. The van der Waals surface area contributed by atoms with Gasteiger partial charge in [0.2, 0.25) is 5.91 Å². The minimum absolute atomic E-state index is 0.0616. The maximum absolute atomic E-state index is 11.8. The molecule has 1 aliphatic rings. The van der Waals surface area contributed by atoms with Gasteiger partial charge in [-0.1, -0.05) is 6.07 Å². The van der Waals surface area contributed by atoms with Gasteiger partial charge in [-0.15, -0.1) is 0 Å². The van der Waals surface area contributed by atoms with Crippen molar-refractivity contribution in [2.24, 2.45) is 5.92 Å². The number of benzene rings is 1. The molecule has 0 bridgehead atoms. The molecule has 1 aromatic carbocycles. The van der Waals surface area contributed by atoms with Gasteiger partial charge >= 0.3 is 5.97 Å². The quantitative estimate of drug-likeness (QED) is 0.884. The topological polar surface area (TPSA) is 86.3 Å². The van der Waals surface area contributed by atoms with E-state index in [-0.39, 0.29) is 12.3 Å². The first-order valence-electron chi connectivity index (χ1n) is 7.91. The first kappa shape index (κ1) is 15.5. The Bertz CT molecular complexity index is 766. The highest BCUT2D eigenvalue weighted by Crippen LogP contribution is 2.21. The number of aliphatic carboxylic acids is 1. The number of aromatic amines is 1. The summed E-state index contributed by atoms with van der Waals surface area (Å²) in [5, 5.41) is 8.99. The molecule has 0 aliphatic carbocycles. The summed E-state index contributed by atoms with van der Waals surface area (Å²) in [4.78, 5) is 32.4. The molecule has 1 fully saturated rings. The van der Waals surface area contributed by atoms with Crippen molar-refractivity contribution in [3.05, 3.63) is 29.1 Å². The number of rotatable bonds is 5. The zero-order valence-corrected chi connectivity index (χ0v) is 13.4. The molecule has 6 nitrogen and oxygen atoms in total. The lowest BCUT2D eigenvalue weighted by Crippen LogP contribution is -2.27. The molecule has 2 heterocycles. The van der Waals surface area contributed by atoms with Crippen LogP contribution in [0.5, 0.6) is 0 Å². The molecular formula is C17H21N3O3. The number of aryl methyl sites for hydroxylation is 3. The second-order valence-electron chi connectivity index (χ2n) is 6.27. The van der Waals surface area contributed by atoms with E-state index in [1.165, 1.54) is 11.1 Å². The van der Waals surface area contributed by atoms with Crippen LogP contribution in [0.15, 0.2) is 12.1 Å². The third kappa shape index (κ3) is 3.06. The number of nitrogens with zero attached hydrogens (tertiary/aromatic N) is 2. The standard InChI is InChI=1S/C17H21N3O3/c1-10-5-6-13-16(11(10)2)19-14(18-13)4-3-7-20-9-12(17(22)23)8-15(20)21/h5-6,12H,3-4,7-9H2,1-2H3,(H,18,19)(H,22,23). The van der Waals surface area contributed by atoms with Crippen molar-refractivity contribution in [2.45, 2.75) is 33.1 Å². The number of carbonyl (C=O) groups excluding carboxylic acids is 1. The number of imidazole rings is 1. The normalized spacial score (nSPS) is 18.1. The summed E-state index contributed by atoms with van der Waals surface area (Å²) in [5.74, 6) is -0.591. The number of likely N-dealkylation sites (tertiary alicyclic amines) is 1. The average molecular weight is 315 g/mol. The Kier molecular flexibility index (Phi) is 4.07. The fraction of sp³-hybridized carbons (Fsp3) is 0.471. The molecule has 1 aliphatic heterocycles. The second-order valence-corrected chi connectivity index (χ2v) is 6.27. The van der Waals surface area contributed by atoms with Crippen LogP contribution in [0.1, 0.15) is 29.8 Å². The van der Waals surface area contributed by atoms with Crippen LogP contribution in [0, 0.1) is 19.8 Å². The van der Waals surface area contributed by atoms with E-state index in [1.807, 2.05) is 6.07 Å². The molecule has 1 saturated heterocycles. The molecule has 2 aromatic rings. The minimum atomic E-state index is -0.885. The molecule has 1 unspecified atom stereocenters. The molecule has 122 valence electrons. The van der Waals surface area contributed by atoms with Crippen LogP contribution in [0.3, 0.4) is 0 Å². The zero-order valence-electron chi connectivity index (χ0n) is 13.4. The van der Waals surface area contributed by atoms with Crippen LogP contribution in [0.25, 0.3) is 11.0 Å². The minimum Gasteiger partial charge on any atom is -0.481 e. The third-order valence-corrected chi connectivity index (χ3v) is 4.63. The predicted octanol–water partition coefficient (Wildman–Crippen LogP) is 2.05. The van der Waals surface area contributed by atoms with E-state index in [0.717, 1.165) is 29.7 Å². The van der Waals surface area contributed by atoms with Crippen LogP contribution in [0.4, 0.5) is 0 Å². The second kappa shape index (κ2) is 6.02. The molecule has 1 atom stereocenters. The molecule has 1 aromatic heterocycles. The summed E-state index contributed by atoms with van der Waals surface area (Å²) in [6.45, 7) is 5.04. The fourth-order valence-electron chi connectivity index (χ4n) is 3.07. The average Bonchev–Trinajstić information content (AvgIpc) is 3.08. The highest BCUT2D eigenvalue weighted by atomic mass is 16.4. The smallest absolute Gasteiger partial charge is 0.308 e. The summed E-state index contributed by atoms with van der Waals surface area (Å²) >= 11 is 0. The van der Waals surface area contributed by atoms with Crippen molar-refractivity contribution >= 4 is 22.9 Å². The van der Waals surface area contributed by atoms with Crippen molar-refractivity contribution in [3.63, 3.8) is 0 Å². The van der Waals surface area contributed by atoms with Crippen LogP contribution < -0.4 is 0 Å². The molecule has 3 rings (SSSR count). The molecular weight excluding hydrogens is 294 g/mol. The van der Waals surface area contributed by atoms with Crippen LogP contribution in [-0.2, 0) is 16.0 Å². The monoisotopic (exact) mass is 315 g/mol. The Morgan fingerprint density at radius 3 is 2.91 bits per heavy atom. The third-order valence-electron chi connectivity index (χ3n) is 4.63. The number of amides is 1. The van der Waals surface area contributed by atoms with E-state index in [9.17, 15) is 9.59 Å². The molecule has 2 N–H and O–H groups in total. The first-order valence-corrected chi connectivity index (χ1v) is 7.91. The van der Waals surface area contributed by atoms with Gasteiger partial charge in [0.15, 0.2) is 0 Å².